The molecule has 1 aromatic carbocycles. The minimum atomic E-state index is -0.287. The van der Waals surface area contributed by atoms with Crippen LogP contribution in [0.1, 0.15) is 5.56 Å². The molecule has 0 aliphatic rings. The second-order valence-corrected chi connectivity index (χ2v) is 7.67. The summed E-state index contributed by atoms with van der Waals surface area (Å²) in [5.74, 6) is -0.247. The Bertz CT molecular complexity index is 1130. The van der Waals surface area contributed by atoms with Crippen LogP contribution in [0.4, 0.5) is 5.00 Å². The Morgan fingerprint density at radius 1 is 1.48 bits per heavy atom. The summed E-state index contributed by atoms with van der Waals surface area (Å²) >= 11 is 8.41. The minimum Gasteiger partial charge on any atom is -0.316 e. The van der Waals surface area contributed by atoms with Gasteiger partial charge in [0.1, 0.15) is 11.1 Å². The minimum absolute atomic E-state index is 0.0401. The van der Waals surface area contributed by atoms with Crippen molar-refractivity contribution < 1.29 is 4.79 Å². The highest BCUT2D eigenvalue weighted by molar-refractivity contribution is 7.99. The van der Waals surface area contributed by atoms with Crippen molar-refractivity contribution in [3.63, 3.8) is 0 Å². The number of nitrogens with one attached hydrogen (secondary N) is 1. The van der Waals surface area contributed by atoms with Gasteiger partial charge in [0.05, 0.1) is 22.2 Å². The molecule has 9 heteroatoms. The summed E-state index contributed by atoms with van der Waals surface area (Å²) in [6.07, 6.45) is 1.60. The number of nitriles is 1. The van der Waals surface area contributed by atoms with Crippen LogP contribution in [-0.4, -0.2) is 21.2 Å². The quantitative estimate of drug-likeness (QED) is 0.374. The first kappa shape index (κ1) is 19.2. The van der Waals surface area contributed by atoms with E-state index in [2.05, 4.69) is 16.9 Å². The Morgan fingerprint density at radius 2 is 2.30 bits per heavy atom. The molecule has 0 bridgehead atoms. The Hall–Kier alpha value is -2.60. The standard InChI is InChI=1S/C18H13ClN4O2S2/c1-2-6-23-17(25)13-4-3-12(19)8-14(13)21-18(23)27-10-15(24)22-16-11(9-20)5-7-26-16/h2-5,7-8H,1,6,10H2,(H,22,24). The molecule has 1 amide bonds. The number of fused-ring (bicyclic) bond motifs is 1. The maximum atomic E-state index is 12.7. The van der Waals surface area contributed by atoms with Crippen LogP contribution in [0.3, 0.4) is 0 Å². The molecule has 2 heterocycles. The second kappa shape index (κ2) is 8.39. The molecule has 6 nitrogen and oxygen atoms in total. The predicted octanol–water partition coefficient (Wildman–Crippen LogP) is 3.90. The van der Waals surface area contributed by atoms with E-state index in [4.69, 9.17) is 16.9 Å². The number of allylic oxidation sites excluding steroid dienone is 1. The number of thioether (sulfide) groups is 1. The third-order valence-corrected chi connectivity index (χ3v) is 5.61. The van der Waals surface area contributed by atoms with Gasteiger partial charge in [-0.25, -0.2) is 4.98 Å². The van der Waals surface area contributed by atoms with Gasteiger partial charge in [-0.05, 0) is 29.6 Å². The van der Waals surface area contributed by atoms with Gasteiger partial charge < -0.3 is 5.32 Å². The topological polar surface area (TPSA) is 87.8 Å². The number of amides is 1. The van der Waals surface area contributed by atoms with Crippen LogP contribution in [0, 0.1) is 11.3 Å². The van der Waals surface area contributed by atoms with Gasteiger partial charge in [0, 0.05) is 11.6 Å². The molecule has 2 aromatic heterocycles. The first-order valence-electron chi connectivity index (χ1n) is 7.74. The van der Waals surface area contributed by atoms with Crippen molar-refractivity contribution in [1.29, 1.82) is 5.26 Å². The third-order valence-electron chi connectivity index (χ3n) is 3.57. The van der Waals surface area contributed by atoms with Gasteiger partial charge in [0.25, 0.3) is 5.56 Å². The maximum Gasteiger partial charge on any atom is 0.262 e. The Balaban J connectivity index is 1.86. The molecule has 1 N–H and O–H groups in total. The van der Waals surface area contributed by atoms with Gasteiger partial charge in [0.2, 0.25) is 5.91 Å². The fraction of sp³-hybridized carbons (Fsp3) is 0.111. The number of hydrogen-bond acceptors (Lipinski definition) is 6. The summed E-state index contributed by atoms with van der Waals surface area (Å²) in [5.41, 5.74) is 0.672. The van der Waals surface area contributed by atoms with Gasteiger partial charge in [-0.2, -0.15) is 5.26 Å². The highest BCUT2D eigenvalue weighted by atomic mass is 35.5. The molecule has 0 unspecified atom stereocenters. The maximum absolute atomic E-state index is 12.7. The number of halogens is 1. The van der Waals surface area contributed by atoms with Crippen molar-refractivity contribution in [2.75, 3.05) is 11.1 Å². The van der Waals surface area contributed by atoms with E-state index < -0.39 is 0 Å². The molecular formula is C18H13ClN4O2S2. The number of hydrogen-bond donors (Lipinski definition) is 1. The Kier molecular flexibility index (Phi) is 5.96. The molecule has 0 saturated carbocycles. The van der Waals surface area contributed by atoms with Crippen LogP contribution >= 0.6 is 34.7 Å². The fourth-order valence-electron chi connectivity index (χ4n) is 2.36. The number of carbonyl (C=O) groups is 1. The monoisotopic (exact) mass is 416 g/mol. The molecule has 27 heavy (non-hydrogen) atoms. The van der Waals surface area contributed by atoms with Gasteiger partial charge in [0.15, 0.2) is 5.16 Å². The number of carbonyl (C=O) groups excluding carboxylic acids is 1. The lowest BCUT2D eigenvalue weighted by molar-refractivity contribution is -0.113. The zero-order valence-corrected chi connectivity index (χ0v) is 16.3. The zero-order valence-electron chi connectivity index (χ0n) is 13.9. The molecule has 0 fully saturated rings. The molecule has 136 valence electrons. The van der Waals surface area contributed by atoms with Crippen LogP contribution in [-0.2, 0) is 11.3 Å². The van der Waals surface area contributed by atoms with Crippen molar-refractivity contribution in [3.8, 4) is 6.07 Å². The molecule has 0 aliphatic heterocycles. The van der Waals surface area contributed by atoms with Crippen molar-refractivity contribution in [2.45, 2.75) is 11.7 Å². The normalized spacial score (nSPS) is 10.5. The largest absolute Gasteiger partial charge is 0.316 e. The number of thiophene rings is 1. The lowest BCUT2D eigenvalue weighted by atomic mass is 10.2. The number of anilines is 1. The highest BCUT2D eigenvalue weighted by Crippen LogP contribution is 2.24. The zero-order chi connectivity index (χ0) is 19.4. The molecular weight excluding hydrogens is 404 g/mol. The van der Waals surface area contributed by atoms with E-state index in [1.807, 2.05) is 6.07 Å². The molecule has 3 rings (SSSR count). The van der Waals surface area contributed by atoms with Crippen molar-refractivity contribution in [3.05, 3.63) is 63.2 Å². The number of rotatable bonds is 6. The molecule has 0 atom stereocenters. The SMILES string of the molecule is C=CCn1c(SCC(=O)Nc2sccc2C#N)nc2cc(Cl)ccc2c1=O. The molecule has 0 aliphatic carbocycles. The highest BCUT2D eigenvalue weighted by Gasteiger charge is 2.14. The average Bonchev–Trinajstić information content (AvgIpc) is 3.09. The molecule has 0 saturated heterocycles. The smallest absolute Gasteiger partial charge is 0.262 e. The molecule has 0 spiro atoms. The van der Waals surface area contributed by atoms with E-state index in [9.17, 15) is 9.59 Å². The van der Waals surface area contributed by atoms with E-state index in [1.165, 1.54) is 15.9 Å². The van der Waals surface area contributed by atoms with E-state index >= 15 is 0 Å². The van der Waals surface area contributed by atoms with Crippen LogP contribution in [0.5, 0.6) is 0 Å². The van der Waals surface area contributed by atoms with Crippen LogP contribution in [0.2, 0.25) is 5.02 Å². The van der Waals surface area contributed by atoms with Gasteiger partial charge in [-0.1, -0.05) is 29.4 Å². The Morgan fingerprint density at radius 3 is 3.04 bits per heavy atom. The Labute approximate surface area is 168 Å². The van der Waals surface area contributed by atoms with Crippen molar-refractivity contribution >= 4 is 56.5 Å². The predicted molar refractivity (Wildman–Crippen MR) is 110 cm³/mol. The second-order valence-electron chi connectivity index (χ2n) is 5.37. The van der Waals surface area contributed by atoms with E-state index in [0.29, 0.717) is 31.6 Å². The lowest BCUT2D eigenvalue weighted by Crippen LogP contribution is -2.23. The van der Waals surface area contributed by atoms with Crippen LogP contribution in [0.25, 0.3) is 10.9 Å². The van der Waals surface area contributed by atoms with Crippen molar-refractivity contribution in [1.82, 2.24) is 9.55 Å². The van der Waals surface area contributed by atoms with Crippen LogP contribution in [0.15, 0.2) is 52.3 Å². The first-order chi connectivity index (χ1) is 13.0. The third kappa shape index (κ3) is 4.22. The number of benzene rings is 1. The van der Waals surface area contributed by atoms with E-state index in [1.54, 1.807) is 35.7 Å². The van der Waals surface area contributed by atoms with Gasteiger partial charge >= 0.3 is 0 Å². The average molecular weight is 417 g/mol. The summed E-state index contributed by atoms with van der Waals surface area (Å²) in [7, 11) is 0. The summed E-state index contributed by atoms with van der Waals surface area (Å²) in [5, 5.41) is 15.3. The summed E-state index contributed by atoms with van der Waals surface area (Å²) in [4.78, 5) is 29.4. The summed E-state index contributed by atoms with van der Waals surface area (Å²) in [6.45, 7) is 3.95. The number of nitrogens with zero attached hydrogens (tertiary/aromatic N) is 3. The van der Waals surface area contributed by atoms with Crippen LogP contribution < -0.4 is 10.9 Å². The number of aromatic nitrogens is 2. The molecule has 0 radical (unpaired) electrons. The van der Waals surface area contributed by atoms with Crippen molar-refractivity contribution in [2.24, 2.45) is 0 Å². The molecule has 3 aromatic rings. The summed E-state index contributed by atoms with van der Waals surface area (Å²) < 4.78 is 1.47. The van der Waals surface area contributed by atoms with Gasteiger partial charge in [-0.3, -0.25) is 14.2 Å². The fourth-order valence-corrected chi connectivity index (χ4v) is 4.09. The lowest BCUT2D eigenvalue weighted by Gasteiger charge is -2.11. The van der Waals surface area contributed by atoms with E-state index in [-0.39, 0.29) is 23.8 Å². The van der Waals surface area contributed by atoms with Gasteiger partial charge in [-0.15, -0.1) is 17.9 Å². The summed E-state index contributed by atoms with van der Waals surface area (Å²) in [6, 6.07) is 8.55. The first-order valence-corrected chi connectivity index (χ1v) is 9.99. The van der Waals surface area contributed by atoms with E-state index in [0.717, 1.165) is 11.8 Å².